The third-order valence-corrected chi connectivity index (χ3v) is 5.15. The van der Waals surface area contributed by atoms with Gasteiger partial charge in [0.25, 0.3) is 0 Å². The maximum atomic E-state index is 13.0. The first-order chi connectivity index (χ1) is 9.49. The monoisotopic (exact) mass is 376 g/mol. The standard InChI is InChI=1S/C15H12BrCl2FO/c16-14(12-3-1-2-4-13(12)18)15(20,9-17)10-5-7-11(19)8-6-10/h1-8,14,20H,9H2. The Kier molecular flexibility index (Phi) is 5.08. The van der Waals surface area contributed by atoms with Gasteiger partial charge in [0, 0.05) is 5.02 Å². The molecule has 1 N–H and O–H groups in total. The van der Waals surface area contributed by atoms with Crippen LogP contribution in [0.15, 0.2) is 48.5 Å². The summed E-state index contributed by atoms with van der Waals surface area (Å²) in [5.74, 6) is -0.422. The average molecular weight is 378 g/mol. The van der Waals surface area contributed by atoms with Gasteiger partial charge in [-0.1, -0.05) is 57.9 Å². The molecule has 0 saturated heterocycles. The number of aliphatic hydroxyl groups is 1. The lowest BCUT2D eigenvalue weighted by atomic mass is 9.88. The third-order valence-electron chi connectivity index (χ3n) is 3.15. The van der Waals surface area contributed by atoms with E-state index < -0.39 is 10.4 Å². The van der Waals surface area contributed by atoms with Crippen molar-refractivity contribution in [3.05, 3.63) is 70.5 Å². The number of benzene rings is 2. The molecule has 0 aliphatic rings. The normalized spacial score (nSPS) is 15.7. The van der Waals surface area contributed by atoms with E-state index in [0.29, 0.717) is 10.6 Å². The third kappa shape index (κ3) is 3.01. The van der Waals surface area contributed by atoms with E-state index in [4.69, 9.17) is 23.2 Å². The summed E-state index contributed by atoms with van der Waals surface area (Å²) in [6.45, 7) is 0. The van der Waals surface area contributed by atoms with Crippen LogP contribution >= 0.6 is 39.1 Å². The second-order valence-electron chi connectivity index (χ2n) is 4.45. The molecule has 0 heterocycles. The van der Waals surface area contributed by atoms with Crippen molar-refractivity contribution in [2.75, 3.05) is 5.88 Å². The highest BCUT2D eigenvalue weighted by molar-refractivity contribution is 9.09. The van der Waals surface area contributed by atoms with Crippen LogP contribution < -0.4 is 0 Å². The number of alkyl halides is 2. The predicted molar refractivity (Wildman–Crippen MR) is 84.1 cm³/mol. The molecule has 0 fully saturated rings. The van der Waals surface area contributed by atoms with Crippen molar-refractivity contribution in [1.29, 1.82) is 0 Å². The molecule has 0 spiro atoms. The first kappa shape index (κ1) is 15.8. The Balaban J connectivity index is 2.45. The molecule has 2 rings (SSSR count). The van der Waals surface area contributed by atoms with Gasteiger partial charge in [-0.05, 0) is 29.3 Å². The van der Waals surface area contributed by atoms with Gasteiger partial charge in [0.1, 0.15) is 11.4 Å². The molecule has 0 aliphatic carbocycles. The molecule has 2 aromatic rings. The highest BCUT2D eigenvalue weighted by Crippen LogP contribution is 2.44. The van der Waals surface area contributed by atoms with E-state index in [9.17, 15) is 9.50 Å². The molecule has 2 atom stereocenters. The molecule has 0 radical (unpaired) electrons. The lowest BCUT2D eigenvalue weighted by Crippen LogP contribution is -2.33. The quantitative estimate of drug-likeness (QED) is 0.740. The molecule has 106 valence electrons. The summed E-state index contributed by atoms with van der Waals surface area (Å²) in [7, 11) is 0. The Morgan fingerprint density at radius 1 is 1.15 bits per heavy atom. The zero-order valence-electron chi connectivity index (χ0n) is 10.4. The van der Waals surface area contributed by atoms with Gasteiger partial charge in [-0.3, -0.25) is 0 Å². The molecule has 1 nitrogen and oxygen atoms in total. The van der Waals surface area contributed by atoms with Crippen LogP contribution in [-0.4, -0.2) is 11.0 Å². The Morgan fingerprint density at radius 2 is 1.75 bits per heavy atom. The first-order valence-electron chi connectivity index (χ1n) is 5.92. The van der Waals surface area contributed by atoms with Crippen molar-refractivity contribution in [3.8, 4) is 0 Å². The molecule has 0 aromatic heterocycles. The summed E-state index contributed by atoms with van der Waals surface area (Å²) in [6.07, 6.45) is 0. The van der Waals surface area contributed by atoms with E-state index in [1.165, 1.54) is 24.3 Å². The summed E-state index contributed by atoms with van der Waals surface area (Å²) in [5, 5.41) is 11.4. The van der Waals surface area contributed by atoms with Crippen LogP contribution in [-0.2, 0) is 5.60 Å². The minimum atomic E-state index is -1.39. The molecule has 20 heavy (non-hydrogen) atoms. The van der Waals surface area contributed by atoms with E-state index in [2.05, 4.69) is 15.9 Å². The topological polar surface area (TPSA) is 20.2 Å². The molecule has 0 amide bonds. The number of rotatable bonds is 4. The summed E-state index contributed by atoms with van der Waals surface area (Å²) in [5.41, 5.74) is -0.141. The average Bonchev–Trinajstić information content (AvgIpc) is 2.47. The van der Waals surface area contributed by atoms with Crippen LogP contribution in [0, 0.1) is 5.82 Å². The highest BCUT2D eigenvalue weighted by Gasteiger charge is 2.38. The molecule has 2 aromatic carbocycles. The van der Waals surface area contributed by atoms with Crippen LogP contribution in [0.25, 0.3) is 0 Å². The van der Waals surface area contributed by atoms with Gasteiger partial charge in [-0.2, -0.15) is 0 Å². The second kappa shape index (κ2) is 6.44. The molecular weight excluding hydrogens is 366 g/mol. The van der Waals surface area contributed by atoms with Gasteiger partial charge in [0.15, 0.2) is 0 Å². The lowest BCUT2D eigenvalue weighted by Gasteiger charge is -2.32. The van der Waals surface area contributed by atoms with E-state index >= 15 is 0 Å². The van der Waals surface area contributed by atoms with E-state index in [1.54, 1.807) is 6.07 Å². The van der Waals surface area contributed by atoms with E-state index in [-0.39, 0.29) is 11.7 Å². The van der Waals surface area contributed by atoms with E-state index in [1.807, 2.05) is 18.2 Å². The van der Waals surface area contributed by atoms with E-state index in [0.717, 1.165) is 5.56 Å². The molecule has 5 heteroatoms. The van der Waals surface area contributed by atoms with Crippen molar-refractivity contribution in [2.24, 2.45) is 0 Å². The van der Waals surface area contributed by atoms with Crippen LogP contribution in [0.2, 0.25) is 5.02 Å². The molecule has 0 aliphatic heterocycles. The molecule has 0 bridgehead atoms. The zero-order valence-corrected chi connectivity index (χ0v) is 13.5. The van der Waals surface area contributed by atoms with Gasteiger partial charge >= 0.3 is 0 Å². The number of halogens is 4. The molecule has 0 saturated carbocycles. The maximum absolute atomic E-state index is 13.0. The SMILES string of the molecule is OC(CCl)(c1ccc(F)cc1)C(Br)c1ccccc1Cl. The summed E-state index contributed by atoms with van der Waals surface area (Å²) in [6, 6.07) is 12.8. The Hall–Kier alpha value is -0.610. The fourth-order valence-corrected chi connectivity index (χ4v) is 3.66. The zero-order chi connectivity index (χ0) is 14.8. The highest BCUT2D eigenvalue weighted by atomic mass is 79.9. The molecular formula is C15H12BrCl2FO. The van der Waals surface area contributed by atoms with Gasteiger partial charge in [-0.25, -0.2) is 4.39 Å². The maximum Gasteiger partial charge on any atom is 0.123 e. The van der Waals surface area contributed by atoms with Crippen LogP contribution in [0.4, 0.5) is 4.39 Å². The van der Waals surface area contributed by atoms with Gasteiger partial charge in [0.2, 0.25) is 0 Å². The van der Waals surface area contributed by atoms with Gasteiger partial charge in [-0.15, -0.1) is 11.6 Å². The Morgan fingerprint density at radius 3 is 2.30 bits per heavy atom. The smallest absolute Gasteiger partial charge is 0.123 e. The van der Waals surface area contributed by atoms with Crippen LogP contribution in [0.5, 0.6) is 0 Å². The minimum Gasteiger partial charge on any atom is -0.382 e. The summed E-state index contributed by atoms with van der Waals surface area (Å²) in [4.78, 5) is -0.508. The van der Waals surface area contributed by atoms with Crippen LogP contribution in [0.3, 0.4) is 0 Å². The van der Waals surface area contributed by atoms with Crippen molar-refractivity contribution < 1.29 is 9.50 Å². The lowest BCUT2D eigenvalue weighted by molar-refractivity contribution is 0.0600. The van der Waals surface area contributed by atoms with Crippen molar-refractivity contribution in [1.82, 2.24) is 0 Å². The van der Waals surface area contributed by atoms with Crippen molar-refractivity contribution in [3.63, 3.8) is 0 Å². The minimum absolute atomic E-state index is 0.0558. The van der Waals surface area contributed by atoms with Crippen molar-refractivity contribution in [2.45, 2.75) is 10.4 Å². The fourth-order valence-electron chi connectivity index (χ4n) is 1.97. The summed E-state index contributed by atoms with van der Waals surface area (Å²) < 4.78 is 13.0. The Labute approximate surface area is 135 Å². The van der Waals surface area contributed by atoms with Gasteiger partial charge in [0.05, 0.1) is 10.7 Å². The second-order valence-corrected chi connectivity index (χ2v) is 6.04. The van der Waals surface area contributed by atoms with Crippen molar-refractivity contribution >= 4 is 39.1 Å². The largest absolute Gasteiger partial charge is 0.382 e. The van der Waals surface area contributed by atoms with Crippen LogP contribution in [0.1, 0.15) is 16.0 Å². The fraction of sp³-hybridized carbons (Fsp3) is 0.200. The summed E-state index contributed by atoms with van der Waals surface area (Å²) >= 11 is 15.6. The van der Waals surface area contributed by atoms with Gasteiger partial charge < -0.3 is 5.11 Å². The first-order valence-corrected chi connectivity index (χ1v) is 7.74. The number of hydrogen-bond acceptors (Lipinski definition) is 1. The predicted octanol–water partition coefficient (Wildman–Crippen LogP) is 5.04. The number of hydrogen-bond donors (Lipinski definition) is 1. The molecule has 2 unspecified atom stereocenters. The Bertz CT molecular complexity index is 591.